The lowest BCUT2D eigenvalue weighted by atomic mass is 9.93. The Morgan fingerprint density at radius 3 is 2.79 bits per heavy atom. The molecule has 8 heteroatoms. The fourth-order valence-corrected chi connectivity index (χ4v) is 3.97. The van der Waals surface area contributed by atoms with Crippen molar-refractivity contribution in [1.29, 1.82) is 0 Å². The normalized spacial score (nSPS) is 22.2. The number of benzene rings is 1. The van der Waals surface area contributed by atoms with E-state index in [1.54, 1.807) is 15.9 Å². The highest BCUT2D eigenvalue weighted by Crippen LogP contribution is 2.31. The van der Waals surface area contributed by atoms with Crippen molar-refractivity contribution in [2.24, 2.45) is 5.92 Å². The van der Waals surface area contributed by atoms with E-state index in [9.17, 15) is 19.1 Å². The van der Waals surface area contributed by atoms with Crippen LogP contribution in [0.1, 0.15) is 25.8 Å². The third-order valence-corrected chi connectivity index (χ3v) is 5.62. The van der Waals surface area contributed by atoms with E-state index in [1.807, 2.05) is 6.92 Å². The summed E-state index contributed by atoms with van der Waals surface area (Å²) >= 11 is 5.84. The Labute approximate surface area is 174 Å². The number of carbonyl (C=O) groups is 2. The monoisotopic (exact) mass is 422 g/mol. The zero-order valence-electron chi connectivity index (χ0n) is 16.5. The first kappa shape index (κ1) is 21.3. The molecule has 2 aliphatic heterocycles. The van der Waals surface area contributed by atoms with Gasteiger partial charge in [0, 0.05) is 31.1 Å². The van der Waals surface area contributed by atoms with Crippen LogP contribution in [0.5, 0.6) is 0 Å². The van der Waals surface area contributed by atoms with Gasteiger partial charge in [0.1, 0.15) is 23.6 Å². The van der Waals surface area contributed by atoms with Crippen LogP contribution in [0.2, 0.25) is 5.02 Å². The van der Waals surface area contributed by atoms with Crippen LogP contribution in [0.25, 0.3) is 0 Å². The van der Waals surface area contributed by atoms with Crippen molar-refractivity contribution in [3.63, 3.8) is 0 Å². The van der Waals surface area contributed by atoms with E-state index in [0.717, 1.165) is 12.7 Å². The molecule has 0 aromatic heterocycles. The third-order valence-electron chi connectivity index (χ3n) is 5.33. The van der Waals surface area contributed by atoms with Crippen molar-refractivity contribution in [1.82, 2.24) is 9.80 Å². The van der Waals surface area contributed by atoms with Gasteiger partial charge in [-0.3, -0.25) is 9.59 Å². The zero-order chi connectivity index (χ0) is 21.1. The van der Waals surface area contributed by atoms with Crippen molar-refractivity contribution in [3.8, 4) is 0 Å². The van der Waals surface area contributed by atoms with E-state index >= 15 is 0 Å². The Hall–Kier alpha value is -2.38. The number of piperazine rings is 1. The van der Waals surface area contributed by atoms with Gasteiger partial charge < -0.3 is 19.6 Å². The summed E-state index contributed by atoms with van der Waals surface area (Å²) in [7, 11) is 0. The average Bonchev–Trinajstić information content (AvgIpc) is 2.71. The molecule has 2 aliphatic rings. The number of amides is 1. The van der Waals surface area contributed by atoms with Crippen LogP contribution in [-0.4, -0.2) is 53.4 Å². The lowest BCUT2D eigenvalue weighted by molar-refractivity contribution is -0.132. The first-order valence-corrected chi connectivity index (χ1v) is 9.91. The Morgan fingerprint density at radius 1 is 1.41 bits per heavy atom. The second kappa shape index (κ2) is 8.97. The van der Waals surface area contributed by atoms with Gasteiger partial charge in [-0.1, -0.05) is 24.6 Å². The van der Waals surface area contributed by atoms with E-state index in [4.69, 9.17) is 16.3 Å². The number of hydrogen-bond acceptors (Lipinski definition) is 5. The van der Waals surface area contributed by atoms with Crippen LogP contribution in [0.4, 0.5) is 4.39 Å². The van der Waals surface area contributed by atoms with E-state index < -0.39 is 5.82 Å². The number of rotatable bonds is 5. The summed E-state index contributed by atoms with van der Waals surface area (Å²) < 4.78 is 19.0. The molecular formula is C21H24ClFN2O4. The standard InChI is InChI=1S/C21H24ClFN2O4/c1-3-15-11-29-12-19(16(15)10-26)25-7-6-24(21(28)20(25)13(2)27)9-14-4-5-18(23)17(22)8-14/h4-5,8,10,15,27H,3,6-7,9,11-12H2,1-2H3/b20-13+. The number of aliphatic hydroxyl groups is 1. The summed E-state index contributed by atoms with van der Waals surface area (Å²) in [6.45, 7) is 5.10. The number of aldehydes is 1. The second-order valence-electron chi connectivity index (χ2n) is 7.20. The van der Waals surface area contributed by atoms with Gasteiger partial charge in [-0.15, -0.1) is 0 Å². The topological polar surface area (TPSA) is 70.1 Å². The Balaban J connectivity index is 1.90. The number of allylic oxidation sites excluding steroid dienone is 1. The lowest BCUT2D eigenvalue weighted by Crippen LogP contribution is -2.49. The minimum Gasteiger partial charge on any atom is -0.510 e. The molecule has 1 amide bonds. The number of hydrogen-bond donors (Lipinski definition) is 1. The Morgan fingerprint density at radius 2 is 2.17 bits per heavy atom. The molecular weight excluding hydrogens is 399 g/mol. The molecule has 156 valence electrons. The number of carbonyl (C=O) groups excluding carboxylic acids is 2. The molecule has 29 heavy (non-hydrogen) atoms. The van der Waals surface area contributed by atoms with Crippen LogP contribution in [0, 0.1) is 11.7 Å². The molecule has 1 fully saturated rings. The van der Waals surface area contributed by atoms with E-state index in [0.29, 0.717) is 36.5 Å². The zero-order valence-corrected chi connectivity index (χ0v) is 17.2. The van der Waals surface area contributed by atoms with Gasteiger partial charge in [-0.25, -0.2) is 4.39 Å². The van der Waals surface area contributed by atoms with Crippen molar-refractivity contribution in [3.05, 3.63) is 57.3 Å². The summed E-state index contributed by atoms with van der Waals surface area (Å²) in [5, 5.41) is 10.3. The Bertz CT molecular complexity index is 879. The average molecular weight is 423 g/mol. The maximum atomic E-state index is 13.4. The van der Waals surface area contributed by atoms with Crippen LogP contribution in [0.3, 0.4) is 0 Å². The summed E-state index contributed by atoms with van der Waals surface area (Å²) in [4.78, 5) is 28.1. The Kier molecular flexibility index (Phi) is 6.59. The van der Waals surface area contributed by atoms with Gasteiger partial charge in [0.05, 0.1) is 23.9 Å². The molecule has 0 bridgehead atoms. The highest BCUT2D eigenvalue weighted by atomic mass is 35.5. The first-order chi connectivity index (χ1) is 13.9. The fraction of sp³-hybridized carbons (Fsp3) is 0.429. The van der Waals surface area contributed by atoms with Crippen molar-refractivity contribution in [2.45, 2.75) is 26.8 Å². The molecule has 1 aromatic rings. The largest absolute Gasteiger partial charge is 0.510 e. The van der Waals surface area contributed by atoms with Crippen molar-refractivity contribution < 1.29 is 23.8 Å². The second-order valence-corrected chi connectivity index (χ2v) is 7.61. The minimum absolute atomic E-state index is 0.00608. The number of nitrogens with zero attached hydrogens (tertiary/aromatic N) is 2. The summed E-state index contributed by atoms with van der Waals surface area (Å²) in [6.07, 6.45) is 1.57. The van der Waals surface area contributed by atoms with Crippen molar-refractivity contribution in [2.75, 3.05) is 26.3 Å². The minimum atomic E-state index is -0.519. The molecule has 0 saturated carbocycles. The molecule has 1 saturated heterocycles. The molecule has 1 unspecified atom stereocenters. The maximum absolute atomic E-state index is 13.4. The number of aliphatic hydroxyl groups excluding tert-OH is 1. The molecule has 0 spiro atoms. The molecule has 6 nitrogen and oxygen atoms in total. The number of halogens is 2. The third kappa shape index (κ3) is 4.31. The SMILES string of the molecule is CCC1COCC(N2CCN(Cc3ccc(F)c(Cl)c3)C(=O)/C2=C(/C)O)=C1C=O. The first-order valence-electron chi connectivity index (χ1n) is 9.53. The number of ether oxygens (including phenoxy) is 1. The van der Waals surface area contributed by atoms with Crippen molar-refractivity contribution >= 4 is 23.8 Å². The van der Waals surface area contributed by atoms with E-state index in [2.05, 4.69) is 0 Å². The predicted octanol–water partition coefficient (Wildman–Crippen LogP) is 3.42. The fourth-order valence-electron chi connectivity index (χ4n) is 3.77. The lowest BCUT2D eigenvalue weighted by Gasteiger charge is -2.41. The van der Waals surface area contributed by atoms with Crippen LogP contribution < -0.4 is 0 Å². The van der Waals surface area contributed by atoms with Crippen LogP contribution >= 0.6 is 11.6 Å². The summed E-state index contributed by atoms with van der Waals surface area (Å²) in [5.74, 6) is -1.05. The molecule has 2 heterocycles. The molecule has 1 atom stereocenters. The summed E-state index contributed by atoms with van der Waals surface area (Å²) in [5.41, 5.74) is 2.05. The highest BCUT2D eigenvalue weighted by molar-refractivity contribution is 6.30. The molecule has 1 N–H and O–H groups in total. The molecule has 0 aliphatic carbocycles. The van der Waals surface area contributed by atoms with E-state index in [1.165, 1.54) is 19.1 Å². The molecule has 0 radical (unpaired) electrons. The van der Waals surface area contributed by atoms with E-state index in [-0.39, 0.29) is 41.5 Å². The quantitative estimate of drug-likeness (QED) is 0.447. The predicted molar refractivity (Wildman–Crippen MR) is 107 cm³/mol. The molecule has 1 aromatic carbocycles. The maximum Gasteiger partial charge on any atom is 0.274 e. The van der Waals surface area contributed by atoms with Gasteiger partial charge in [0.25, 0.3) is 5.91 Å². The van der Waals surface area contributed by atoms with Crippen LogP contribution in [-0.2, 0) is 20.9 Å². The smallest absolute Gasteiger partial charge is 0.274 e. The summed E-state index contributed by atoms with van der Waals surface area (Å²) in [6, 6.07) is 4.32. The molecule has 3 rings (SSSR count). The van der Waals surface area contributed by atoms with Gasteiger partial charge in [-0.05, 0) is 31.0 Å². The van der Waals surface area contributed by atoms with Gasteiger partial charge >= 0.3 is 0 Å². The highest BCUT2D eigenvalue weighted by Gasteiger charge is 2.36. The van der Waals surface area contributed by atoms with Crippen LogP contribution in [0.15, 0.2) is 40.9 Å². The van der Waals surface area contributed by atoms with Gasteiger partial charge in [0.15, 0.2) is 0 Å². The van der Waals surface area contributed by atoms with Gasteiger partial charge in [-0.2, -0.15) is 0 Å². The van der Waals surface area contributed by atoms with Gasteiger partial charge in [0.2, 0.25) is 0 Å².